The van der Waals surface area contributed by atoms with Gasteiger partial charge in [0.05, 0.1) is 0 Å². The molecule has 1 atom stereocenters. The van der Waals surface area contributed by atoms with E-state index in [9.17, 15) is 12.8 Å². The van der Waals surface area contributed by atoms with Gasteiger partial charge < -0.3 is 10.8 Å². The lowest BCUT2D eigenvalue weighted by atomic mass is 10.0. The molecule has 1 rings (SSSR count). The zero-order valence-corrected chi connectivity index (χ0v) is 11.6. The molecule has 5 nitrogen and oxygen atoms in total. The van der Waals surface area contributed by atoms with Gasteiger partial charge in [0, 0.05) is 18.8 Å². The molecule has 0 bridgehead atoms. The van der Waals surface area contributed by atoms with E-state index in [1.807, 2.05) is 6.92 Å². The molecule has 0 aromatic heterocycles. The maximum atomic E-state index is 13.6. The second kappa shape index (κ2) is 6.83. The Bertz CT molecular complexity index is 520. The molecule has 0 radical (unpaired) electrons. The van der Waals surface area contributed by atoms with Crippen molar-refractivity contribution in [2.24, 2.45) is 5.92 Å². The van der Waals surface area contributed by atoms with Crippen LogP contribution in [0.1, 0.15) is 19.8 Å². The van der Waals surface area contributed by atoms with Gasteiger partial charge in [0.1, 0.15) is 10.7 Å². The number of nitrogens with one attached hydrogen (secondary N) is 1. The van der Waals surface area contributed by atoms with Crippen LogP contribution in [0.15, 0.2) is 23.1 Å². The first-order chi connectivity index (χ1) is 8.90. The smallest absolute Gasteiger partial charge is 0.243 e. The lowest BCUT2D eigenvalue weighted by molar-refractivity contribution is 0.254. The average Bonchev–Trinajstić information content (AvgIpc) is 2.34. The van der Waals surface area contributed by atoms with E-state index in [1.54, 1.807) is 0 Å². The van der Waals surface area contributed by atoms with Crippen molar-refractivity contribution in [2.75, 3.05) is 18.9 Å². The van der Waals surface area contributed by atoms with E-state index in [1.165, 1.54) is 6.07 Å². The highest BCUT2D eigenvalue weighted by Gasteiger charge is 2.20. The van der Waals surface area contributed by atoms with Gasteiger partial charge in [-0.1, -0.05) is 13.3 Å². The van der Waals surface area contributed by atoms with Crippen LogP contribution in [-0.2, 0) is 10.0 Å². The summed E-state index contributed by atoms with van der Waals surface area (Å²) < 4.78 is 39.8. The summed E-state index contributed by atoms with van der Waals surface area (Å²) in [5, 5.41) is 8.84. The van der Waals surface area contributed by atoms with E-state index in [4.69, 9.17) is 10.8 Å². The summed E-state index contributed by atoms with van der Waals surface area (Å²) in [7, 11) is -3.89. The van der Waals surface area contributed by atoms with Gasteiger partial charge in [-0.15, -0.1) is 0 Å². The second-order valence-corrected chi connectivity index (χ2v) is 6.06. The number of sulfonamides is 1. The van der Waals surface area contributed by atoms with Crippen LogP contribution in [0, 0.1) is 11.7 Å². The topological polar surface area (TPSA) is 92.4 Å². The van der Waals surface area contributed by atoms with Crippen molar-refractivity contribution in [2.45, 2.75) is 24.7 Å². The van der Waals surface area contributed by atoms with E-state index in [0.717, 1.165) is 18.6 Å². The monoisotopic (exact) mass is 290 g/mol. The van der Waals surface area contributed by atoms with Crippen LogP contribution in [0.4, 0.5) is 10.1 Å². The number of benzene rings is 1. The molecule has 1 aromatic rings. The van der Waals surface area contributed by atoms with Crippen LogP contribution in [-0.4, -0.2) is 26.7 Å². The fraction of sp³-hybridized carbons (Fsp3) is 0.500. The third-order valence-corrected chi connectivity index (χ3v) is 4.38. The number of hydrogen-bond acceptors (Lipinski definition) is 4. The van der Waals surface area contributed by atoms with Crippen LogP contribution in [0.5, 0.6) is 0 Å². The van der Waals surface area contributed by atoms with Crippen LogP contribution < -0.4 is 10.5 Å². The van der Waals surface area contributed by atoms with E-state index < -0.39 is 20.7 Å². The lowest BCUT2D eigenvalue weighted by Crippen LogP contribution is -2.30. The van der Waals surface area contributed by atoms with Crippen molar-refractivity contribution in [3.63, 3.8) is 0 Å². The third kappa shape index (κ3) is 4.45. The average molecular weight is 290 g/mol. The quantitative estimate of drug-likeness (QED) is 0.656. The molecule has 4 N–H and O–H groups in total. The van der Waals surface area contributed by atoms with Crippen molar-refractivity contribution in [1.82, 2.24) is 4.72 Å². The van der Waals surface area contributed by atoms with E-state index in [2.05, 4.69) is 4.72 Å². The Morgan fingerprint density at radius 2 is 2.16 bits per heavy atom. The predicted octanol–water partition coefficient (Wildman–Crippen LogP) is 1.09. The number of nitrogen functional groups attached to an aromatic ring is 1. The molecule has 108 valence electrons. The maximum absolute atomic E-state index is 13.6. The highest BCUT2D eigenvalue weighted by molar-refractivity contribution is 7.89. The fourth-order valence-corrected chi connectivity index (χ4v) is 2.85. The number of aliphatic hydroxyl groups excluding tert-OH is 1. The van der Waals surface area contributed by atoms with Gasteiger partial charge in [-0.3, -0.25) is 0 Å². The van der Waals surface area contributed by atoms with Gasteiger partial charge in [0.15, 0.2) is 0 Å². The van der Waals surface area contributed by atoms with E-state index in [0.29, 0.717) is 6.42 Å². The lowest BCUT2D eigenvalue weighted by Gasteiger charge is -2.14. The van der Waals surface area contributed by atoms with Crippen LogP contribution in [0.3, 0.4) is 0 Å². The second-order valence-electron chi connectivity index (χ2n) is 4.33. The first-order valence-corrected chi connectivity index (χ1v) is 7.54. The fourth-order valence-electron chi connectivity index (χ4n) is 1.67. The Morgan fingerprint density at radius 1 is 1.47 bits per heavy atom. The van der Waals surface area contributed by atoms with Crippen molar-refractivity contribution in [3.05, 3.63) is 24.0 Å². The Kier molecular flexibility index (Phi) is 5.71. The van der Waals surface area contributed by atoms with Crippen molar-refractivity contribution < 1.29 is 17.9 Å². The summed E-state index contributed by atoms with van der Waals surface area (Å²) in [5.41, 5.74) is 5.54. The molecule has 1 unspecified atom stereocenters. The predicted molar refractivity (Wildman–Crippen MR) is 71.5 cm³/mol. The molecule has 0 aliphatic rings. The van der Waals surface area contributed by atoms with Gasteiger partial charge in [0.25, 0.3) is 0 Å². The Morgan fingerprint density at radius 3 is 2.68 bits per heavy atom. The van der Waals surface area contributed by atoms with Crippen molar-refractivity contribution >= 4 is 15.7 Å². The first-order valence-electron chi connectivity index (χ1n) is 6.06. The number of aliphatic hydroxyl groups is 1. The number of rotatable bonds is 7. The molecule has 19 heavy (non-hydrogen) atoms. The number of halogens is 1. The standard InChI is InChI=1S/C12H19FN2O3S/c1-2-9(5-6-16)8-15-19(17,18)12-4-3-10(14)7-11(12)13/h3-4,7,9,15-16H,2,5-6,8,14H2,1H3. The molecule has 0 amide bonds. The zero-order chi connectivity index (χ0) is 14.5. The Labute approximate surface area is 112 Å². The maximum Gasteiger partial charge on any atom is 0.243 e. The minimum atomic E-state index is -3.89. The molecule has 0 spiro atoms. The zero-order valence-electron chi connectivity index (χ0n) is 10.8. The molecule has 0 heterocycles. The highest BCUT2D eigenvalue weighted by Crippen LogP contribution is 2.17. The normalized spacial score (nSPS) is 13.4. The summed E-state index contributed by atoms with van der Waals surface area (Å²) in [4.78, 5) is -0.416. The van der Waals surface area contributed by atoms with Crippen molar-refractivity contribution in [3.8, 4) is 0 Å². The van der Waals surface area contributed by atoms with Crippen LogP contribution in [0.25, 0.3) is 0 Å². The minimum Gasteiger partial charge on any atom is -0.399 e. The molecule has 0 aliphatic carbocycles. The van der Waals surface area contributed by atoms with Gasteiger partial charge in [-0.2, -0.15) is 0 Å². The molecule has 0 aliphatic heterocycles. The summed E-state index contributed by atoms with van der Waals surface area (Å²) in [6.45, 7) is 2.07. The van der Waals surface area contributed by atoms with Crippen LogP contribution >= 0.6 is 0 Å². The van der Waals surface area contributed by atoms with Gasteiger partial charge in [-0.05, 0) is 30.5 Å². The van der Waals surface area contributed by atoms with E-state index >= 15 is 0 Å². The molecule has 1 aromatic carbocycles. The molecule has 0 saturated carbocycles. The summed E-state index contributed by atoms with van der Waals surface area (Å²) >= 11 is 0. The highest BCUT2D eigenvalue weighted by atomic mass is 32.2. The van der Waals surface area contributed by atoms with Crippen LogP contribution in [0.2, 0.25) is 0 Å². The molecular weight excluding hydrogens is 271 g/mol. The Hall–Kier alpha value is -1.18. The SMILES string of the molecule is CCC(CCO)CNS(=O)(=O)c1ccc(N)cc1F. The van der Waals surface area contributed by atoms with Gasteiger partial charge >= 0.3 is 0 Å². The summed E-state index contributed by atoms with van der Waals surface area (Å²) in [6, 6.07) is 3.45. The van der Waals surface area contributed by atoms with E-state index in [-0.39, 0.29) is 24.8 Å². The number of anilines is 1. The number of hydrogen-bond donors (Lipinski definition) is 3. The van der Waals surface area contributed by atoms with Crippen molar-refractivity contribution in [1.29, 1.82) is 0 Å². The largest absolute Gasteiger partial charge is 0.399 e. The Balaban J connectivity index is 2.81. The first kappa shape index (κ1) is 15.9. The summed E-state index contributed by atoms with van der Waals surface area (Å²) in [5.74, 6) is -0.848. The minimum absolute atomic E-state index is 0.00351. The molecule has 0 saturated heterocycles. The third-order valence-electron chi connectivity index (χ3n) is 2.92. The number of nitrogens with two attached hydrogens (primary N) is 1. The van der Waals surface area contributed by atoms with Gasteiger partial charge in [-0.25, -0.2) is 17.5 Å². The molecule has 0 fully saturated rings. The van der Waals surface area contributed by atoms with Gasteiger partial charge in [0.2, 0.25) is 10.0 Å². The summed E-state index contributed by atoms with van der Waals surface area (Å²) in [6.07, 6.45) is 1.23. The molecule has 7 heteroatoms. The molecular formula is C12H19FN2O3S.